The highest BCUT2D eigenvalue weighted by Crippen LogP contribution is 2.41. The van der Waals surface area contributed by atoms with Gasteiger partial charge in [0.15, 0.2) is 0 Å². The molecule has 184 valence electrons. The van der Waals surface area contributed by atoms with E-state index < -0.39 is 31.1 Å². The van der Waals surface area contributed by atoms with E-state index in [0.717, 1.165) is 29.4 Å². The molecule has 2 amide bonds. The minimum atomic E-state index is -4.44. The molecular weight excluding hydrogens is 469 g/mol. The summed E-state index contributed by atoms with van der Waals surface area (Å²) < 4.78 is 44.2. The van der Waals surface area contributed by atoms with Gasteiger partial charge in [0.05, 0.1) is 42.9 Å². The normalized spacial score (nSPS) is 13.3. The number of nitrogens with zero attached hydrogens (tertiary/aromatic N) is 5. The van der Waals surface area contributed by atoms with Crippen molar-refractivity contribution < 1.29 is 27.5 Å². The molecule has 0 unspecified atom stereocenters. The average Bonchev–Trinajstić information content (AvgIpc) is 3.60. The Bertz CT molecular complexity index is 1210. The van der Waals surface area contributed by atoms with Gasteiger partial charge in [-0.1, -0.05) is 0 Å². The second kappa shape index (κ2) is 9.95. The Hall–Kier alpha value is -4.23. The van der Waals surface area contributed by atoms with Crippen molar-refractivity contribution in [1.29, 1.82) is 0 Å². The number of nitrogens with one attached hydrogen (secondary N) is 3. The molecule has 0 bridgehead atoms. The molecule has 1 aliphatic carbocycles. The molecule has 0 atom stereocenters. The van der Waals surface area contributed by atoms with Crippen LogP contribution in [-0.2, 0) is 6.54 Å². The molecule has 11 nitrogen and oxygen atoms in total. The quantitative estimate of drug-likeness (QED) is 0.436. The number of amides is 2. The molecule has 3 aromatic rings. The van der Waals surface area contributed by atoms with Crippen molar-refractivity contribution >= 4 is 29.1 Å². The lowest BCUT2D eigenvalue weighted by atomic mass is 10.2. The number of hydrogen-bond acceptors (Lipinski definition) is 8. The van der Waals surface area contributed by atoms with E-state index in [1.54, 1.807) is 6.07 Å². The van der Waals surface area contributed by atoms with Gasteiger partial charge in [-0.15, -0.1) is 0 Å². The van der Waals surface area contributed by atoms with E-state index in [1.165, 1.54) is 25.8 Å². The van der Waals surface area contributed by atoms with E-state index in [-0.39, 0.29) is 23.2 Å². The van der Waals surface area contributed by atoms with Gasteiger partial charge < -0.3 is 15.4 Å². The van der Waals surface area contributed by atoms with E-state index in [2.05, 4.69) is 36.0 Å². The largest absolute Gasteiger partial charge is 0.418 e. The second-order valence-corrected chi connectivity index (χ2v) is 7.70. The zero-order valence-electron chi connectivity index (χ0n) is 18.5. The zero-order chi connectivity index (χ0) is 25.0. The Balaban J connectivity index is 1.54. The standard InChI is InChI=1S/C21H21F3N8O3/c1-25-18(33)17-16(10-28-32(17)7-6-21(22,23)24)31-20(34)35-19-15(29-13-8-26-11-27-9-13)5-4-14(30-19)12-2-3-12/h4-5,8-12,29H,2-3,6-7H2,1H3,(H,25,33)(H,31,34). The van der Waals surface area contributed by atoms with E-state index in [1.807, 2.05) is 6.07 Å². The maximum absolute atomic E-state index is 12.7. The van der Waals surface area contributed by atoms with Crippen LogP contribution in [0.4, 0.5) is 35.0 Å². The van der Waals surface area contributed by atoms with Crippen molar-refractivity contribution in [3.63, 3.8) is 0 Å². The average molecular weight is 490 g/mol. The fraction of sp³-hybridized carbons (Fsp3) is 0.333. The van der Waals surface area contributed by atoms with E-state index in [9.17, 15) is 22.8 Å². The second-order valence-electron chi connectivity index (χ2n) is 7.70. The summed E-state index contributed by atoms with van der Waals surface area (Å²) in [4.78, 5) is 37.3. The number of rotatable bonds is 8. The summed E-state index contributed by atoms with van der Waals surface area (Å²) >= 11 is 0. The Morgan fingerprint density at radius 3 is 2.54 bits per heavy atom. The number of halogens is 3. The van der Waals surface area contributed by atoms with Crippen molar-refractivity contribution in [3.05, 3.63) is 48.4 Å². The van der Waals surface area contributed by atoms with Gasteiger partial charge in [0, 0.05) is 18.7 Å². The number of carbonyl (C=O) groups is 2. The summed E-state index contributed by atoms with van der Waals surface area (Å²) in [5.41, 5.74) is 1.31. The first-order valence-electron chi connectivity index (χ1n) is 10.6. The molecule has 0 radical (unpaired) electrons. The van der Waals surface area contributed by atoms with Crippen LogP contribution in [0.3, 0.4) is 0 Å². The van der Waals surface area contributed by atoms with Crippen LogP contribution in [-0.4, -0.2) is 50.0 Å². The van der Waals surface area contributed by atoms with Crippen molar-refractivity contribution in [1.82, 2.24) is 30.0 Å². The molecule has 1 saturated carbocycles. The molecular formula is C21H21F3N8O3. The Kier molecular flexibility index (Phi) is 6.80. The highest BCUT2D eigenvalue weighted by Gasteiger charge is 2.29. The van der Waals surface area contributed by atoms with Crippen molar-refractivity contribution in [2.24, 2.45) is 0 Å². The summed E-state index contributed by atoms with van der Waals surface area (Å²) in [6.07, 6.45) is 0.809. The minimum Gasteiger partial charge on any atom is -0.389 e. The van der Waals surface area contributed by atoms with Gasteiger partial charge in [-0.05, 0) is 25.0 Å². The molecule has 0 aliphatic heterocycles. The molecule has 1 aliphatic rings. The predicted molar refractivity (Wildman–Crippen MR) is 117 cm³/mol. The monoisotopic (exact) mass is 490 g/mol. The van der Waals surface area contributed by atoms with E-state index in [4.69, 9.17) is 4.74 Å². The van der Waals surface area contributed by atoms with Crippen LogP contribution < -0.4 is 20.7 Å². The van der Waals surface area contributed by atoms with Crippen LogP contribution in [0.5, 0.6) is 5.88 Å². The summed E-state index contributed by atoms with van der Waals surface area (Å²) in [5.74, 6) is -0.469. The van der Waals surface area contributed by atoms with Gasteiger partial charge in [0.2, 0.25) is 5.88 Å². The molecule has 1 fully saturated rings. The van der Waals surface area contributed by atoms with Crippen LogP contribution in [0, 0.1) is 0 Å². The van der Waals surface area contributed by atoms with Crippen molar-refractivity contribution in [3.8, 4) is 5.88 Å². The number of aryl methyl sites for hydroxylation is 1. The first-order chi connectivity index (χ1) is 16.7. The third kappa shape index (κ3) is 6.22. The summed E-state index contributed by atoms with van der Waals surface area (Å²) in [6, 6.07) is 3.53. The first kappa shape index (κ1) is 23.9. The number of carbonyl (C=O) groups excluding carboxylic acids is 2. The van der Waals surface area contributed by atoms with Gasteiger partial charge in [-0.25, -0.2) is 19.7 Å². The molecule has 3 aromatic heterocycles. The smallest absolute Gasteiger partial charge is 0.389 e. The van der Waals surface area contributed by atoms with Gasteiger partial charge >= 0.3 is 12.3 Å². The highest BCUT2D eigenvalue weighted by molar-refractivity contribution is 6.01. The van der Waals surface area contributed by atoms with Gasteiger partial charge in [-0.2, -0.15) is 18.3 Å². The van der Waals surface area contributed by atoms with Gasteiger partial charge in [-0.3, -0.25) is 14.8 Å². The number of aromatic nitrogens is 5. The molecule has 0 spiro atoms. The fourth-order valence-corrected chi connectivity index (χ4v) is 3.21. The Labute approximate surface area is 197 Å². The SMILES string of the molecule is CNC(=O)c1c(NC(=O)Oc2nc(C3CC3)ccc2Nc2cncnc2)cnn1CCC(F)(F)F. The van der Waals surface area contributed by atoms with Gasteiger partial charge in [0.1, 0.15) is 17.7 Å². The zero-order valence-corrected chi connectivity index (χ0v) is 18.5. The topological polar surface area (TPSA) is 136 Å². The lowest BCUT2D eigenvalue weighted by Crippen LogP contribution is -2.26. The number of alkyl halides is 3. The third-order valence-corrected chi connectivity index (χ3v) is 5.03. The molecule has 0 aromatic carbocycles. The summed E-state index contributed by atoms with van der Waals surface area (Å²) in [6.45, 7) is -0.596. The van der Waals surface area contributed by atoms with E-state index >= 15 is 0 Å². The lowest BCUT2D eigenvalue weighted by molar-refractivity contribution is -0.137. The maximum Gasteiger partial charge on any atom is 0.418 e. The lowest BCUT2D eigenvalue weighted by Gasteiger charge is -2.13. The third-order valence-electron chi connectivity index (χ3n) is 5.03. The van der Waals surface area contributed by atoms with E-state index in [0.29, 0.717) is 11.4 Å². The van der Waals surface area contributed by atoms with Crippen LogP contribution in [0.15, 0.2) is 37.1 Å². The van der Waals surface area contributed by atoms with Crippen LogP contribution in [0.1, 0.15) is 41.4 Å². The molecule has 14 heteroatoms. The molecule has 3 heterocycles. The Morgan fingerprint density at radius 2 is 1.89 bits per heavy atom. The van der Waals surface area contributed by atoms with Crippen LogP contribution in [0.25, 0.3) is 0 Å². The van der Waals surface area contributed by atoms with Crippen LogP contribution in [0.2, 0.25) is 0 Å². The fourth-order valence-electron chi connectivity index (χ4n) is 3.21. The Morgan fingerprint density at radius 1 is 1.14 bits per heavy atom. The molecule has 35 heavy (non-hydrogen) atoms. The predicted octanol–water partition coefficient (Wildman–Crippen LogP) is 3.61. The van der Waals surface area contributed by atoms with Gasteiger partial charge in [0.25, 0.3) is 5.91 Å². The van der Waals surface area contributed by atoms with Crippen molar-refractivity contribution in [2.45, 2.75) is 37.9 Å². The van der Waals surface area contributed by atoms with Crippen molar-refractivity contribution in [2.75, 3.05) is 17.7 Å². The summed E-state index contributed by atoms with van der Waals surface area (Å²) in [5, 5.41) is 11.5. The summed E-state index contributed by atoms with van der Waals surface area (Å²) in [7, 11) is 1.31. The number of hydrogen-bond donors (Lipinski definition) is 3. The molecule has 0 saturated heterocycles. The molecule has 4 rings (SSSR count). The number of ether oxygens (including phenoxy) is 1. The van der Waals surface area contributed by atoms with Crippen LogP contribution >= 0.6 is 0 Å². The maximum atomic E-state index is 12.7. The first-order valence-corrected chi connectivity index (χ1v) is 10.6. The highest BCUT2D eigenvalue weighted by atomic mass is 19.4. The minimum absolute atomic E-state index is 0.0262. The molecule has 3 N–H and O–H groups in total. The number of pyridine rings is 1. The number of anilines is 3.